The molecule has 0 unspecified atom stereocenters. The van der Waals surface area contributed by atoms with Gasteiger partial charge >= 0.3 is 0 Å². The second-order valence-corrected chi connectivity index (χ2v) is 9.16. The number of rotatable bonds is 5. The second-order valence-electron chi connectivity index (χ2n) is 7.45. The maximum atomic E-state index is 12.8. The number of aryl methyl sites for hydroxylation is 1. The normalized spacial score (nSPS) is 17.6. The Labute approximate surface area is 171 Å². The third-order valence-corrected chi connectivity index (χ3v) is 7.06. The molecule has 29 heavy (non-hydrogen) atoms. The van der Waals surface area contributed by atoms with Gasteiger partial charge in [0.2, 0.25) is 15.9 Å². The van der Waals surface area contributed by atoms with E-state index >= 15 is 0 Å². The van der Waals surface area contributed by atoms with Crippen LogP contribution in [0.5, 0.6) is 5.75 Å². The molecule has 7 nitrogen and oxygen atoms in total. The minimum absolute atomic E-state index is 0.0325. The molecule has 8 heteroatoms. The van der Waals surface area contributed by atoms with Gasteiger partial charge in [0, 0.05) is 36.9 Å². The first-order valence-electron chi connectivity index (χ1n) is 9.79. The average Bonchev–Trinajstić information content (AvgIpc) is 2.73. The second kappa shape index (κ2) is 8.04. The van der Waals surface area contributed by atoms with Gasteiger partial charge in [0.05, 0.1) is 12.0 Å². The van der Waals surface area contributed by atoms with Crippen molar-refractivity contribution < 1.29 is 17.9 Å². The van der Waals surface area contributed by atoms with Gasteiger partial charge in [-0.15, -0.1) is 0 Å². The summed E-state index contributed by atoms with van der Waals surface area (Å²) in [6.45, 7) is 1.57. The molecule has 1 amide bonds. The first-order chi connectivity index (χ1) is 13.9. The Bertz CT molecular complexity index is 997. The summed E-state index contributed by atoms with van der Waals surface area (Å²) in [4.78, 5) is 14.0. The number of hydrogen-bond acceptors (Lipinski definition) is 5. The van der Waals surface area contributed by atoms with Gasteiger partial charge in [-0.2, -0.15) is 0 Å². The molecule has 0 aromatic heterocycles. The topological polar surface area (TPSA) is 87.7 Å². The largest absolute Gasteiger partial charge is 0.497 e. The Kier molecular flexibility index (Phi) is 5.47. The molecule has 0 aliphatic carbocycles. The molecule has 2 aromatic carbocycles. The summed E-state index contributed by atoms with van der Waals surface area (Å²) in [6.07, 6.45) is 2.43. The molecule has 4 rings (SSSR count). The lowest BCUT2D eigenvalue weighted by Crippen LogP contribution is -2.44. The average molecular weight is 416 g/mol. The zero-order valence-electron chi connectivity index (χ0n) is 16.3. The summed E-state index contributed by atoms with van der Waals surface area (Å²) in [6, 6.07) is 12.7. The van der Waals surface area contributed by atoms with Crippen molar-refractivity contribution >= 4 is 27.3 Å². The smallest absolute Gasteiger partial charge is 0.240 e. The summed E-state index contributed by atoms with van der Waals surface area (Å²) < 4.78 is 33.7. The molecule has 1 fully saturated rings. The minimum Gasteiger partial charge on any atom is -0.497 e. The number of hydrogen-bond donors (Lipinski definition) is 2. The summed E-state index contributed by atoms with van der Waals surface area (Å²) in [5.41, 5.74) is 2.68. The van der Waals surface area contributed by atoms with Crippen LogP contribution in [-0.4, -0.2) is 40.6 Å². The van der Waals surface area contributed by atoms with E-state index in [1.165, 1.54) is 0 Å². The molecule has 0 saturated carbocycles. The molecule has 154 valence electrons. The summed E-state index contributed by atoms with van der Waals surface area (Å²) in [7, 11) is -1.95. The lowest BCUT2D eigenvalue weighted by molar-refractivity contribution is -0.116. The fourth-order valence-electron chi connectivity index (χ4n) is 3.86. The van der Waals surface area contributed by atoms with Crippen molar-refractivity contribution in [3.05, 3.63) is 48.0 Å². The van der Waals surface area contributed by atoms with Gasteiger partial charge < -0.3 is 15.0 Å². The van der Waals surface area contributed by atoms with Gasteiger partial charge in [-0.3, -0.25) is 4.79 Å². The number of methoxy groups -OCH3 is 1. The van der Waals surface area contributed by atoms with E-state index in [9.17, 15) is 13.2 Å². The SMILES string of the molecule is COc1ccc(N2CCC(NS(=O)(=O)c3ccc4c(c3)CCC(=O)N4)CC2)cc1. The van der Waals surface area contributed by atoms with Crippen molar-refractivity contribution in [3.8, 4) is 5.75 Å². The van der Waals surface area contributed by atoms with Gasteiger partial charge in [0.1, 0.15) is 5.75 Å². The van der Waals surface area contributed by atoms with Crippen molar-refractivity contribution in [1.29, 1.82) is 0 Å². The molecule has 0 radical (unpaired) electrons. The number of benzene rings is 2. The Hall–Kier alpha value is -2.58. The maximum absolute atomic E-state index is 12.8. The number of sulfonamides is 1. The highest BCUT2D eigenvalue weighted by Crippen LogP contribution is 2.27. The Morgan fingerprint density at radius 2 is 1.79 bits per heavy atom. The highest BCUT2D eigenvalue weighted by atomic mass is 32.2. The molecule has 2 heterocycles. The number of amides is 1. The fourth-order valence-corrected chi connectivity index (χ4v) is 5.22. The first-order valence-corrected chi connectivity index (χ1v) is 11.3. The fraction of sp³-hybridized carbons (Fsp3) is 0.381. The molecule has 1 saturated heterocycles. The predicted molar refractivity (Wildman–Crippen MR) is 112 cm³/mol. The van der Waals surface area contributed by atoms with Crippen LogP contribution in [0.25, 0.3) is 0 Å². The highest BCUT2D eigenvalue weighted by molar-refractivity contribution is 7.89. The summed E-state index contributed by atoms with van der Waals surface area (Å²) in [5.74, 6) is 0.788. The van der Waals surface area contributed by atoms with Crippen molar-refractivity contribution in [2.45, 2.75) is 36.6 Å². The third-order valence-electron chi connectivity index (χ3n) is 5.54. The van der Waals surface area contributed by atoms with E-state index in [0.29, 0.717) is 18.5 Å². The van der Waals surface area contributed by atoms with Crippen LogP contribution in [0.15, 0.2) is 47.4 Å². The number of carbonyl (C=O) groups is 1. The number of anilines is 2. The van der Waals surface area contributed by atoms with Gasteiger partial charge in [0.15, 0.2) is 0 Å². The zero-order valence-corrected chi connectivity index (χ0v) is 17.2. The highest BCUT2D eigenvalue weighted by Gasteiger charge is 2.26. The van der Waals surface area contributed by atoms with Crippen LogP contribution in [-0.2, 0) is 21.2 Å². The van der Waals surface area contributed by atoms with Gasteiger partial charge in [-0.05, 0) is 67.3 Å². The van der Waals surface area contributed by atoms with Crippen LogP contribution in [0.1, 0.15) is 24.8 Å². The van der Waals surface area contributed by atoms with Crippen molar-refractivity contribution in [2.24, 2.45) is 0 Å². The Balaban J connectivity index is 1.39. The van der Waals surface area contributed by atoms with E-state index in [0.717, 1.165) is 42.9 Å². The van der Waals surface area contributed by atoms with Gasteiger partial charge in [-0.25, -0.2) is 13.1 Å². The van der Waals surface area contributed by atoms with Crippen molar-refractivity contribution in [3.63, 3.8) is 0 Å². The number of carbonyl (C=O) groups excluding carboxylic acids is 1. The molecular formula is C21H25N3O4S. The summed E-state index contributed by atoms with van der Waals surface area (Å²) >= 11 is 0. The molecule has 2 aliphatic heterocycles. The molecule has 2 N–H and O–H groups in total. The van der Waals surface area contributed by atoms with Crippen LogP contribution >= 0.6 is 0 Å². The monoisotopic (exact) mass is 415 g/mol. The van der Waals surface area contributed by atoms with E-state index in [2.05, 4.69) is 14.9 Å². The standard InChI is InChI=1S/C21H25N3O4S/c1-28-18-5-3-17(4-6-18)24-12-10-16(11-13-24)23-29(26,27)19-7-8-20-15(14-19)2-9-21(25)22-20/h3-8,14,16,23H,2,9-13H2,1H3,(H,22,25). The number of nitrogens with one attached hydrogen (secondary N) is 2. The van der Waals surface area contributed by atoms with E-state index in [1.807, 2.05) is 24.3 Å². The minimum atomic E-state index is -3.60. The van der Waals surface area contributed by atoms with Crippen LogP contribution in [0.2, 0.25) is 0 Å². The first kappa shape index (κ1) is 19.7. The van der Waals surface area contributed by atoms with Gasteiger partial charge in [-0.1, -0.05) is 0 Å². The van der Waals surface area contributed by atoms with Crippen molar-refractivity contribution in [1.82, 2.24) is 4.72 Å². The predicted octanol–water partition coefficient (Wildman–Crippen LogP) is 2.53. The molecule has 0 spiro atoms. The number of nitrogens with zero attached hydrogens (tertiary/aromatic N) is 1. The lowest BCUT2D eigenvalue weighted by atomic mass is 10.0. The number of piperidine rings is 1. The summed E-state index contributed by atoms with van der Waals surface area (Å²) in [5, 5.41) is 2.78. The zero-order chi connectivity index (χ0) is 20.4. The quantitative estimate of drug-likeness (QED) is 0.784. The van der Waals surface area contributed by atoms with E-state index in [1.54, 1.807) is 25.3 Å². The van der Waals surface area contributed by atoms with Crippen LogP contribution in [0, 0.1) is 0 Å². The van der Waals surface area contributed by atoms with Crippen LogP contribution in [0.3, 0.4) is 0 Å². The van der Waals surface area contributed by atoms with Crippen LogP contribution < -0.4 is 19.7 Å². The molecule has 2 aliphatic rings. The Morgan fingerprint density at radius 3 is 2.48 bits per heavy atom. The molecule has 0 atom stereocenters. The van der Waals surface area contributed by atoms with Crippen LogP contribution in [0.4, 0.5) is 11.4 Å². The third kappa shape index (κ3) is 4.38. The number of ether oxygens (including phenoxy) is 1. The maximum Gasteiger partial charge on any atom is 0.240 e. The number of fused-ring (bicyclic) bond motifs is 1. The Morgan fingerprint density at radius 1 is 1.07 bits per heavy atom. The van der Waals surface area contributed by atoms with Crippen molar-refractivity contribution in [2.75, 3.05) is 30.4 Å². The van der Waals surface area contributed by atoms with Gasteiger partial charge in [0.25, 0.3) is 0 Å². The van der Waals surface area contributed by atoms with E-state index in [-0.39, 0.29) is 16.8 Å². The molecular weight excluding hydrogens is 390 g/mol. The van der Waals surface area contributed by atoms with E-state index in [4.69, 9.17) is 4.74 Å². The lowest BCUT2D eigenvalue weighted by Gasteiger charge is -2.34. The molecule has 0 bridgehead atoms. The van der Waals surface area contributed by atoms with E-state index < -0.39 is 10.0 Å². The molecule has 2 aromatic rings.